The standard InChI is InChI=1S/C14H21N3O3/c1-2-15-14(19)17-9-7-16(8-10-17)13(18)6-5-12-4-3-11-20-12/h3-4,11H,2,5-10H2,1H3,(H,15,19). The summed E-state index contributed by atoms with van der Waals surface area (Å²) in [5.41, 5.74) is 0. The van der Waals surface area contributed by atoms with E-state index < -0.39 is 0 Å². The maximum absolute atomic E-state index is 12.1. The highest BCUT2D eigenvalue weighted by molar-refractivity contribution is 5.77. The maximum atomic E-state index is 12.1. The predicted octanol–water partition coefficient (Wildman–Crippen LogP) is 1.09. The third kappa shape index (κ3) is 3.76. The van der Waals surface area contributed by atoms with E-state index >= 15 is 0 Å². The molecule has 1 saturated heterocycles. The van der Waals surface area contributed by atoms with Crippen LogP contribution >= 0.6 is 0 Å². The first kappa shape index (κ1) is 14.4. The summed E-state index contributed by atoms with van der Waals surface area (Å²) in [7, 11) is 0. The molecule has 0 saturated carbocycles. The van der Waals surface area contributed by atoms with Crippen LogP contribution in [-0.4, -0.2) is 54.5 Å². The molecule has 1 aliphatic rings. The molecule has 0 aliphatic carbocycles. The lowest BCUT2D eigenvalue weighted by atomic mass is 10.2. The van der Waals surface area contributed by atoms with Crippen molar-refractivity contribution in [1.29, 1.82) is 0 Å². The van der Waals surface area contributed by atoms with Crippen LogP contribution in [0.25, 0.3) is 0 Å². The van der Waals surface area contributed by atoms with Crippen molar-refractivity contribution in [2.75, 3.05) is 32.7 Å². The van der Waals surface area contributed by atoms with E-state index in [1.165, 1.54) is 0 Å². The molecule has 1 aromatic rings. The van der Waals surface area contributed by atoms with Crippen LogP contribution in [0.4, 0.5) is 4.79 Å². The zero-order valence-electron chi connectivity index (χ0n) is 11.8. The highest BCUT2D eigenvalue weighted by atomic mass is 16.3. The van der Waals surface area contributed by atoms with E-state index in [9.17, 15) is 9.59 Å². The Morgan fingerprint density at radius 3 is 2.55 bits per heavy atom. The van der Waals surface area contributed by atoms with Gasteiger partial charge in [-0.2, -0.15) is 0 Å². The quantitative estimate of drug-likeness (QED) is 0.897. The zero-order chi connectivity index (χ0) is 14.4. The fourth-order valence-electron chi connectivity index (χ4n) is 2.27. The fraction of sp³-hybridized carbons (Fsp3) is 0.571. The molecular formula is C14H21N3O3. The minimum atomic E-state index is -0.0461. The molecule has 0 unspecified atom stereocenters. The van der Waals surface area contributed by atoms with Crippen LogP contribution in [0.2, 0.25) is 0 Å². The van der Waals surface area contributed by atoms with Gasteiger partial charge in [0, 0.05) is 45.6 Å². The number of amides is 3. The number of piperazine rings is 1. The van der Waals surface area contributed by atoms with E-state index in [0.29, 0.717) is 45.6 Å². The molecule has 0 bridgehead atoms. The normalized spacial score (nSPS) is 15.2. The van der Waals surface area contributed by atoms with E-state index in [0.717, 1.165) is 5.76 Å². The molecule has 0 radical (unpaired) electrons. The Labute approximate surface area is 118 Å². The van der Waals surface area contributed by atoms with Gasteiger partial charge >= 0.3 is 6.03 Å². The third-order valence-corrected chi connectivity index (χ3v) is 3.41. The van der Waals surface area contributed by atoms with Gasteiger partial charge in [-0.05, 0) is 19.1 Å². The molecule has 1 aliphatic heterocycles. The first-order valence-electron chi connectivity index (χ1n) is 7.03. The summed E-state index contributed by atoms with van der Waals surface area (Å²) in [6, 6.07) is 3.65. The second-order valence-corrected chi connectivity index (χ2v) is 4.78. The lowest BCUT2D eigenvalue weighted by Crippen LogP contribution is -2.53. The molecule has 1 N–H and O–H groups in total. The summed E-state index contributed by atoms with van der Waals surface area (Å²) < 4.78 is 5.21. The second-order valence-electron chi connectivity index (χ2n) is 4.78. The smallest absolute Gasteiger partial charge is 0.317 e. The van der Waals surface area contributed by atoms with Gasteiger partial charge in [0.25, 0.3) is 0 Å². The number of aryl methyl sites for hydroxylation is 1. The molecule has 0 atom stereocenters. The summed E-state index contributed by atoms with van der Waals surface area (Å²) in [6.07, 6.45) is 2.70. The molecule has 2 rings (SSSR count). The van der Waals surface area contributed by atoms with Gasteiger partial charge in [-0.25, -0.2) is 4.79 Å². The summed E-state index contributed by atoms with van der Waals surface area (Å²) >= 11 is 0. The van der Waals surface area contributed by atoms with Crippen molar-refractivity contribution in [2.45, 2.75) is 19.8 Å². The molecule has 6 heteroatoms. The van der Waals surface area contributed by atoms with Crippen LogP contribution in [0.1, 0.15) is 19.1 Å². The molecule has 20 heavy (non-hydrogen) atoms. The average Bonchev–Trinajstić information content (AvgIpc) is 2.98. The van der Waals surface area contributed by atoms with E-state index in [1.807, 2.05) is 24.0 Å². The molecule has 3 amide bonds. The van der Waals surface area contributed by atoms with Crippen LogP contribution in [0.15, 0.2) is 22.8 Å². The van der Waals surface area contributed by atoms with Crippen molar-refractivity contribution >= 4 is 11.9 Å². The SMILES string of the molecule is CCNC(=O)N1CCN(C(=O)CCc2ccco2)CC1. The van der Waals surface area contributed by atoms with Gasteiger partial charge in [-0.3, -0.25) is 4.79 Å². The lowest BCUT2D eigenvalue weighted by molar-refractivity contribution is -0.132. The summed E-state index contributed by atoms with van der Waals surface area (Å²) in [5, 5.41) is 2.77. The maximum Gasteiger partial charge on any atom is 0.317 e. The number of rotatable bonds is 4. The van der Waals surface area contributed by atoms with Crippen LogP contribution in [0.5, 0.6) is 0 Å². The Hall–Kier alpha value is -1.98. The van der Waals surface area contributed by atoms with E-state index in [1.54, 1.807) is 11.2 Å². The Kier molecular flexibility index (Phi) is 5.03. The molecule has 1 fully saturated rings. The number of hydrogen-bond acceptors (Lipinski definition) is 3. The number of furan rings is 1. The first-order valence-corrected chi connectivity index (χ1v) is 7.03. The number of nitrogens with one attached hydrogen (secondary N) is 1. The topological polar surface area (TPSA) is 65.8 Å². The van der Waals surface area contributed by atoms with Crippen molar-refractivity contribution < 1.29 is 14.0 Å². The van der Waals surface area contributed by atoms with Gasteiger partial charge in [0.2, 0.25) is 5.91 Å². The number of carbonyl (C=O) groups is 2. The van der Waals surface area contributed by atoms with Crippen molar-refractivity contribution in [1.82, 2.24) is 15.1 Å². The predicted molar refractivity (Wildman–Crippen MR) is 74.3 cm³/mol. The van der Waals surface area contributed by atoms with E-state index in [2.05, 4.69) is 5.32 Å². The second kappa shape index (κ2) is 6.98. The van der Waals surface area contributed by atoms with Gasteiger partial charge < -0.3 is 19.5 Å². The van der Waals surface area contributed by atoms with Gasteiger partial charge in [0.05, 0.1) is 6.26 Å². The Bertz CT molecular complexity index is 437. The van der Waals surface area contributed by atoms with Crippen LogP contribution in [-0.2, 0) is 11.2 Å². The molecule has 1 aromatic heterocycles. The van der Waals surface area contributed by atoms with E-state index in [4.69, 9.17) is 4.42 Å². The Balaban J connectivity index is 1.73. The molecular weight excluding hydrogens is 258 g/mol. The molecule has 0 aromatic carbocycles. The molecule has 0 spiro atoms. The van der Waals surface area contributed by atoms with Gasteiger partial charge in [0.15, 0.2) is 0 Å². The molecule has 6 nitrogen and oxygen atoms in total. The molecule has 2 heterocycles. The van der Waals surface area contributed by atoms with Crippen molar-refractivity contribution in [2.24, 2.45) is 0 Å². The Morgan fingerprint density at radius 1 is 1.25 bits per heavy atom. The van der Waals surface area contributed by atoms with Crippen LogP contribution < -0.4 is 5.32 Å². The number of hydrogen-bond donors (Lipinski definition) is 1. The Morgan fingerprint density at radius 2 is 1.95 bits per heavy atom. The molecule has 110 valence electrons. The van der Waals surface area contributed by atoms with E-state index in [-0.39, 0.29) is 11.9 Å². The van der Waals surface area contributed by atoms with Gasteiger partial charge in [0.1, 0.15) is 5.76 Å². The van der Waals surface area contributed by atoms with Crippen molar-refractivity contribution in [3.63, 3.8) is 0 Å². The summed E-state index contributed by atoms with van der Waals surface area (Å²) in [4.78, 5) is 27.3. The lowest BCUT2D eigenvalue weighted by Gasteiger charge is -2.34. The highest BCUT2D eigenvalue weighted by Crippen LogP contribution is 2.08. The third-order valence-electron chi connectivity index (χ3n) is 3.41. The number of nitrogens with zero attached hydrogens (tertiary/aromatic N) is 2. The average molecular weight is 279 g/mol. The highest BCUT2D eigenvalue weighted by Gasteiger charge is 2.23. The minimum Gasteiger partial charge on any atom is -0.469 e. The summed E-state index contributed by atoms with van der Waals surface area (Å²) in [6.45, 7) is 4.92. The monoisotopic (exact) mass is 279 g/mol. The largest absolute Gasteiger partial charge is 0.469 e. The van der Waals surface area contributed by atoms with Crippen LogP contribution in [0.3, 0.4) is 0 Å². The van der Waals surface area contributed by atoms with Crippen molar-refractivity contribution in [3.05, 3.63) is 24.2 Å². The van der Waals surface area contributed by atoms with Crippen LogP contribution in [0, 0.1) is 0 Å². The number of carbonyl (C=O) groups excluding carboxylic acids is 2. The number of urea groups is 1. The summed E-state index contributed by atoms with van der Waals surface area (Å²) in [5.74, 6) is 0.955. The minimum absolute atomic E-state index is 0.0461. The van der Waals surface area contributed by atoms with Gasteiger partial charge in [-0.1, -0.05) is 0 Å². The zero-order valence-corrected chi connectivity index (χ0v) is 11.8. The fourth-order valence-corrected chi connectivity index (χ4v) is 2.27. The van der Waals surface area contributed by atoms with Crippen molar-refractivity contribution in [3.8, 4) is 0 Å². The van der Waals surface area contributed by atoms with Gasteiger partial charge in [-0.15, -0.1) is 0 Å². The first-order chi connectivity index (χ1) is 9.70.